The number of ether oxygens (including phenoxy) is 3. The third-order valence-corrected chi connectivity index (χ3v) is 7.62. The fourth-order valence-corrected chi connectivity index (χ4v) is 5.39. The first-order valence-electron chi connectivity index (χ1n) is 14.5. The van der Waals surface area contributed by atoms with Crippen LogP contribution in [0, 0.1) is 11.8 Å². The normalized spacial score (nSPS) is 17.0. The molecule has 2 aliphatic rings. The number of aliphatic carboxylic acids is 2. The largest absolute Gasteiger partial charge is 0.487 e. The molecule has 0 bridgehead atoms. The van der Waals surface area contributed by atoms with Gasteiger partial charge in [-0.05, 0) is 79.6 Å². The van der Waals surface area contributed by atoms with E-state index in [9.17, 15) is 19.8 Å². The third-order valence-electron chi connectivity index (χ3n) is 7.62. The summed E-state index contributed by atoms with van der Waals surface area (Å²) in [5.74, 6) is 3.28. The van der Waals surface area contributed by atoms with Crippen LogP contribution in [0.15, 0.2) is 48.5 Å². The number of carboxylic acid groups (broad SMARTS) is 2. The lowest BCUT2D eigenvalue weighted by molar-refractivity contribution is -0.159. The average molecular weight is 577 g/mol. The van der Waals surface area contributed by atoms with E-state index in [1.807, 2.05) is 12.1 Å². The Labute approximate surface area is 247 Å². The van der Waals surface area contributed by atoms with E-state index in [0.29, 0.717) is 49.6 Å². The highest BCUT2D eigenvalue weighted by Gasteiger charge is 2.37. The van der Waals surface area contributed by atoms with Gasteiger partial charge in [0.15, 0.2) is 5.79 Å². The van der Waals surface area contributed by atoms with Crippen LogP contribution in [-0.2, 0) is 25.7 Å². The molecule has 0 amide bonds. The molecule has 5 N–H and O–H groups in total. The number of nitrogens with one attached hydrogen (secondary N) is 1. The van der Waals surface area contributed by atoms with Crippen molar-refractivity contribution >= 4 is 23.2 Å². The zero-order valence-corrected chi connectivity index (χ0v) is 24.1. The molecule has 1 saturated heterocycles. The van der Waals surface area contributed by atoms with Crippen molar-refractivity contribution in [2.45, 2.75) is 76.2 Å². The number of nitrogens with two attached hydrogens (primary N) is 1. The third kappa shape index (κ3) is 8.35. The van der Waals surface area contributed by atoms with E-state index in [4.69, 9.17) is 19.9 Å². The second-order valence-corrected chi connectivity index (χ2v) is 10.7. The molecule has 0 radical (unpaired) electrons. The molecular formula is C33H40N2O7. The van der Waals surface area contributed by atoms with Crippen LogP contribution in [0.2, 0.25) is 0 Å². The molecule has 1 fully saturated rings. The van der Waals surface area contributed by atoms with Gasteiger partial charge in [-0.3, -0.25) is 4.79 Å². The molecule has 1 heterocycles. The number of anilines is 1. The summed E-state index contributed by atoms with van der Waals surface area (Å²) in [5, 5.41) is 22.4. The highest BCUT2D eigenvalue weighted by atomic mass is 16.7. The van der Waals surface area contributed by atoms with Gasteiger partial charge in [0.1, 0.15) is 18.4 Å². The quantitative estimate of drug-likeness (QED) is 0.177. The van der Waals surface area contributed by atoms with Gasteiger partial charge >= 0.3 is 11.9 Å². The van der Waals surface area contributed by atoms with Gasteiger partial charge in [0.2, 0.25) is 0 Å². The van der Waals surface area contributed by atoms with Crippen molar-refractivity contribution < 1.29 is 34.0 Å². The summed E-state index contributed by atoms with van der Waals surface area (Å²) >= 11 is 0. The van der Waals surface area contributed by atoms with E-state index in [-0.39, 0.29) is 13.0 Å². The Morgan fingerprint density at radius 3 is 2.62 bits per heavy atom. The van der Waals surface area contributed by atoms with Crippen LogP contribution in [-0.4, -0.2) is 53.7 Å². The molecule has 9 heteroatoms. The van der Waals surface area contributed by atoms with Crippen LogP contribution < -0.4 is 15.8 Å². The second kappa shape index (κ2) is 14.9. The van der Waals surface area contributed by atoms with Gasteiger partial charge in [-0.15, -0.1) is 5.92 Å². The first-order chi connectivity index (χ1) is 20.3. The number of hydrogen-bond donors (Lipinski definition) is 4. The molecule has 0 aromatic heterocycles. The summed E-state index contributed by atoms with van der Waals surface area (Å²) < 4.78 is 17.9. The number of benzene rings is 2. The molecule has 9 nitrogen and oxygen atoms in total. The standard InChI is InChI=1S/C33H40N2O7/c1-2-6-25(21-31(36)37)27-10-11-30(29(20-27)35-28(32(38)39)9-3-4-16-34)40-22-23-7-5-8-26(19-23)24-12-14-33(15-13-24)41-17-18-42-33/h5,7-8,10-12,19-20,25,28,35H,3-4,9,13-18,21-22,34H2,1H3,(H,36,37)(H,38,39)/t25-,28+/m1/s1. The average Bonchev–Trinajstić information content (AvgIpc) is 3.43. The second-order valence-electron chi connectivity index (χ2n) is 10.7. The van der Waals surface area contributed by atoms with Crippen molar-refractivity contribution in [2.75, 3.05) is 25.1 Å². The molecule has 1 spiro atoms. The van der Waals surface area contributed by atoms with Gasteiger partial charge in [0.05, 0.1) is 31.2 Å². The van der Waals surface area contributed by atoms with E-state index >= 15 is 0 Å². The highest BCUT2D eigenvalue weighted by molar-refractivity contribution is 5.78. The lowest BCUT2D eigenvalue weighted by Crippen LogP contribution is -2.31. The summed E-state index contributed by atoms with van der Waals surface area (Å²) in [5.41, 5.74) is 10.1. The minimum absolute atomic E-state index is 0.165. The predicted octanol–water partition coefficient (Wildman–Crippen LogP) is 5.15. The van der Waals surface area contributed by atoms with Gasteiger partial charge in [-0.25, -0.2) is 4.79 Å². The fraction of sp³-hybridized carbons (Fsp3) is 0.455. The maximum absolute atomic E-state index is 12.1. The summed E-state index contributed by atoms with van der Waals surface area (Å²) in [6.45, 7) is 3.70. The molecule has 0 saturated carbocycles. The summed E-state index contributed by atoms with van der Waals surface area (Å²) in [4.78, 5) is 23.5. The van der Waals surface area contributed by atoms with Crippen LogP contribution in [0.25, 0.3) is 5.57 Å². The Balaban J connectivity index is 1.54. The number of carboxylic acids is 2. The number of hydrogen-bond acceptors (Lipinski definition) is 7. The molecule has 2 atom stereocenters. The van der Waals surface area contributed by atoms with Crippen LogP contribution in [0.4, 0.5) is 5.69 Å². The Kier molecular flexibility index (Phi) is 11.0. The minimum Gasteiger partial charge on any atom is -0.487 e. The van der Waals surface area contributed by atoms with Crippen molar-refractivity contribution in [3.8, 4) is 17.6 Å². The van der Waals surface area contributed by atoms with Crippen LogP contribution in [0.1, 0.15) is 74.5 Å². The number of unbranched alkanes of at least 4 members (excludes halogenated alkanes) is 1. The van der Waals surface area contributed by atoms with Gasteiger partial charge in [-0.1, -0.05) is 36.3 Å². The zero-order chi connectivity index (χ0) is 30.0. The molecule has 4 rings (SSSR count). The molecule has 224 valence electrons. The Hall–Kier alpha value is -3.84. The van der Waals surface area contributed by atoms with E-state index in [1.165, 1.54) is 5.57 Å². The maximum atomic E-state index is 12.1. The summed E-state index contributed by atoms with van der Waals surface area (Å²) in [7, 11) is 0. The maximum Gasteiger partial charge on any atom is 0.326 e. The van der Waals surface area contributed by atoms with Crippen molar-refractivity contribution in [3.05, 3.63) is 65.2 Å². The monoisotopic (exact) mass is 576 g/mol. The van der Waals surface area contributed by atoms with Crippen molar-refractivity contribution in [2.24, 2.45) is 5.73 Å². The molecule has 0 unspecified atom stereocenters. The number of rotatable bonds is 14. The minimum atomic E-state index is -0.984. The highest BCUT2D eigenvalue weighted by Crippen LogP contribution is 2.38. The Morgan fingerprint density at radius 2 is 1.95 bits per heavy atom. The van der Waals surface area contributed by atoms with Crippen LogP contribution in [0.3, 0.4) is 0 Å². The van der Waals surface area contributed by atoms with Crippen molar-refractivity contribution in [1.82, 2.24) is 0 Å². The van der Waals surface area contributed by atoms with Crippen molar-refractivity contribution in [1.29, 1.82) is 0 Å². The predicted molar refractivity (Wildman–Crippen MR) is 160 cm³/mol. The molecule has 1 aliphatic carbocycles. The Morgan fingerprint density at radius 1 is 1.14 bits per heavy atom. The fourth-order valence-electron chi connectivity index (χ4n) is 5.39. The van der Waals surface area contributed by atoms with E-state index < -0.39 is 29.7 Å². The number of allylic oxidation sites excluding steroid dienone is 1. The van der Waals surface area contributed by atoms with E-state index in [1.54, 1.807) is 25.1 Å². The Bertz CT molecular complexity index is 1340. The zero-order valence-electron chi connectivity index (χ0n) is 24.1. The topological polar surface area (TPSA) is 140 Å². The van der Waals surface area contributed by atoms with Crippen molar-refractivity contribution in [3.63, 3.8) is 0 Å². The molecule has 42 heavy (non-hydrogen) atoms. The van der Waals surface area contributed by atoms with Gasteiger partial charge in [0.25, 0.3) is 0 Å². The smallest absolute Gasteiger partial charge is 0.326 e. The SMILES string of the molecule is CC#C[C@H](CC(=O)O)c1ccc(OCc2cccc(C3=CCC4(CC3)OCCO4)c2)c(N[C@@H](CCCCN)C(=O)O)c1. The van der Waals surface area contributed by atoms with Gasteiger partial charge < -0.3 is 35.5 Å². The van der Waals surface area contributed by atoms with E-state index in [0.717, 1.165) is 36.8 Å². The first kappa shape index (κ1) is 31.1. The molecular weight excluding hydrogens is 536 g/mol. The summed E-state index contributed by atoms with van der Waals surface area (Å²) in [6, 6.07) is 12.6. The lowest BCUT2D eigenvalue weighted by Gasteiger charge is -2.30. The molecule has 2 aromatic rings. The van der Waals surface area contributed by atoms with Gasteiger partial charge in [0, 0.05) is 12.8 Å². The summed E-state index contributed by atoms with van der Waals surface area (Å²) in [6.07, 6.45) is 6.20. The molecule has 1 aliphatic heterocycles. The van der Waals surface area contributed by atoms with E-state index in [2.05, 4.69) is 35.4 Å². The van der Waals surface area contributed by atoms with Crippen LogP contribution >= 0.6 is 0 Å². The lowest BCUT2D eigenvalue weighted by atomic mass is 9.89. The first-order valence-corrected chi connectivity index (χ1v) is 14.5. The molecule has 2 aromatic carbocycles. The van der Waals surface area contributed by atoms with Crippen LogP contribution in [0.5, 0.6) is 5.75 Å². The number of carbonyl (C=O) groups is 2. The van der Waals surface area contributed by atoms with Gasteiger partial charge in [-0.2, -0.15) is 0 Å².